The molecule has 1 aromatic carbocycles. The van der Waals surface area contributed by atoms with E-state index in [2.05, 4.69) is 10.3 Å². The molecule has 2 unspecified atom stereocenters. The molecule has 0 spiro atoms. The van der Waals surface area contributed by atoms with E-state index in [-0.39, 0.29) is 18.1 Å². The first-order chi connectivity index (χ1) is 11.8. The molecule has 25 heavy (non-hydrogen) atoms. The fraction of sp³-hybridized carbons (Fsp3) is 0.474. The molecule has 1 aromatic heterocycles. The van der Waals surface area contributed by atoms with E-state index < -0.39 is 6.10 Å². The van der Waals surface area contributed by atoms with Crippen molar-refractivity contribution in [2.45, 2.75) is 52.8 Å². The van der Waals surface area contributed by atoms with Gasteiger partial charge in [-0.05, 0) is 52.3 Å². The summed E-state index contributed by atoms with van der Waals surface area (Å²) >= 11 is 0. The normalized spacial score (nSPS) is 13.6. The number of hydrogen-bond donors (Lipinski definition) is 2. The molecule has 6 heteroatoms. The average Bonchev–Trinajstić information content (AvgIpc) is 2.98. The zero-order valence-electron chi connectivity index (χ0n) is 15.6. The van der Waals surface area contributed by atoms with E-state index in [9.17, 15) is 9.90 Å². The fourth-order valence-electron chi connectivity index (χ4n) is 2.74. The van der Waals surface area contributed by atoms with Crippen molar-refractivity contribution in [3.63, 3.8) is 0 Å². The van der Waals surface area contributed by atoms with Gasteiger partial charge in [-0.1, -0.05) is 12.1 Å². The predicted molar refractivity (Wildman–Crippen MR) is 98.8 cm³/mol. The van der Waals surface area contributed by atoms with Crippen LogP contribution in [0.25, 0.3) is 5.69 Å². The highest BCUT2D eigenvalue weighted by molar-refractivity contribution is 5.75. The van der Waals surface area contributed by atoms with Gasteiger partial charge in [-0.3, -0.25) is 0 Å². The predicted octanol–water partition coefficient (Wildman–Crippen LogP) is 3.04. The van der Waals surface area contributed by atoms with Gasteiger partial charge in [0.1, 0.15) is 5.82 Å². The lowest BCUT2D eigenvalue weighted by Crippen LogP contribution is -2.47. The third kappa shape index (κ3) is 4.82. The topological polar surface area (TPSA) is 70.4 Å². The van der Waals surface area contributed by atoms with E-state index in [1.165, 1.54) is 0 Å². The third-order valence-corrected chi connectivity index (χ3v) is 4.18. The molecule has 2 amide bonds. The second-order valence-electron chi connectivity index (χ2n) is 6.70. The van der Waals surface area contributed by atoms with Gasteiger partial charge in [0.25, 0.3) is 0 Å². The summed E-state index contributed by atoms with van der Waals surface area (Å²) in [6.45, 7) is 9.79. The Kier molecular flexibility index (Phi) is 6.20. The Morgan fingerprint density at radius 2 is 1.88 bits per heavy atom. The van der Waals surface area contributed by atoms with Crippen LogP contribution >= 0.6 is 0 Å². The van der Waals surface area contributed by atoms with E-state index in [1.807, 2.05) is 62.7 Å². The summed E-state index contributed by atoms with van der Waals surface area (Å²) in [5, 5.41) is 12.6. The Bertz CT molecular complexity index is 692. The largest absolute Gasteiger partial charge is 0.392 e. The number of carbonyl (C=O) groups excluding carboxylic acids is 1. The second kappa shape index (κ2) is 8.16. The number of aryl methyl sites for hydroxylation is 1. The van der Waals surface area contributed by atoms with E-state index in [4.69, 9.17) is 0 Å². The summed E-state index contributed by atoms with van der Waals surface area (Å²) in [5.74, 6) is 0.930. The molecule has 0 aliphatic carbocycles. The highest BCUT2D eigenvalue weighted by Gasteiger charge is 2.20. The summed E-state index contributed by atoms with van der Waals surface area (Å²) < 4.78 is 2.01. The molecule has 2 aromatic rings. The minimum atomic E-state index is -0.554. The zero-order chi connectivity index (χ0) is 18.6. The van der Waals surface area contributed by atoms with Gasteiger partial charge < -0.3 is 19.9 Å². The summed E-state index contributed by atoms with van der Waals surface area (Å²) in [4.78, 5) is 18.4. The van der Waals surface area contributed by atoms with Gasteiger partial charge in [-0.25, -0.2) is 9.78 Å². The number of aromatic nitrogens is 2. The molecule has 136 valence electrons. The van der Waals surface area contributed by atoms with Gasteiger partial charge in [0, 0.05) is 30.7 Å². The first-order valence-corrected chi connectivity index (χ1v) is 8.65. The summed E-state index contributed by atoms with van der Waals surface area (Å²) in [7, 11) is 0. The summed E-state index contributed by atoms with van der Waals surface area (Å²) in [5.41, 5.74) is 2.06. The number of nitrogens with one attached hydrogen (secondary N) is 1. The van der Waals surface area contributed by atoms with Gasteiger partial charge in [-0.2, -0.15) is 0 Å². The lowest BCUT2D eigenvalue weighted by molar-refractivity contribution is 0.117. The first-order valence-electron chi connectivity index (χ1n) is 8.65. The molecule has 6 nitrogen and oxygen atoms in total. The minimum absolute atomic E-state index is 0.0217. The van der Waals surface area contributed by atoms with Crippen molar-refractivity contribution in [3.8, 4) is 5.69 Å². The number of imidazole rings is 1. The zero-order valence-corrected chi connectivity index (χ0v) is 15.6. The quantitative estimate of drug-likeness (QED) is 0.846. The van der Waals surface area contributed by atoms with E-state index in [0.717, 1.165) is 17.1 Å². The SMILES string of the molecule is Cc1nccn1-c1ccc(C(C)NC(=O)N(CC(C)O)C(C)C)cc1. The molecular weight excluding hydrogens is 316 g/mol. The molecule has 0 aliphatic heterocycles. The number of benzene rings is 1. The summed E-state index contributed by atoms with van der Waals surface area (Å²) in [6, 6.07) is 7.78. The van der Waals surface area contributed by atoms with Gasteiger partial charge in [0.15, 0.2) is 0 Å². The maximum absolute atomic E-state index is 12.5. The molecule has 0 aliphatic rings. The highest BCUT2D eigenvalue weighted by atomic mass is 16.3. The van der Waals surface area contributed by atoms with Crippen LogP contribution in [0.3, 0.4) is 0 Å². The van der Waals surface area contributed by atoms with Crippen molar-refractivity contribution >= 4 is 6.03 Å². The highest BCUT2D eigenvalue weighted by Crippen LogP contribution is 2.17. The second-order valence-corrected chi connectivity index (χ2v) is 6.70. The Hall–Kier alpha value is -2.34. The van der Waals surface area contributed by atoms with Crippen molar-refractivity contribution in [1.82, 2.24) is 19.8 Å². The lowest BCUT2D eigenvalue weighted by Gasteiger charge is -2.29. The molecular formula is C19H28N4O2. The number of aliphatic hydroxyl groups excluding tert-OH is 1. The van der Waals surface area contributed by atoms with Crippen LogP contribution in [0.4, 0.5) is 4.79 Å². The molecule has 2 atom stereocenters. The van der Waals surface area contributed by atoms with Crippen molar-refractivity contribution in [1.29, 1.82) is 0 Å². The molecule has 2 N–H and O–H groups in total. The van der Waals surface area contributed by atoms with Gasteiger partial charge in [0.05, 0.1) is 12.1 Å². The number of aliphatic hydroxyl groups is 1. The number of nitrogens with zero attached hydrogens (tertiary/aromatic N) is 3. The molecule has 0 radical (unpaired) electrons. The van der Waals surface area contributed by atoms with Crippen LogP contribution in [0, 0.1) is 6.92 Å². The van der Waals surface area contributed by atoms with Crippen LogP contribution in [0.5, 0.6) is 0 Å². The van der Waals surface area contributed by atoms with Crippen LogP contribution in [0.1, 0.15) is 45.1 Å². The first kappa shape index (κ1) is 19.0. The van der Waals surface area contributed by atoms with E-state index in [0.29, 0.717) is 6.54 Å². The van der Waals surface area contributed by atoms with Crippen LogP contribution in [0.15, 0.2) is 36.7 Å². The molecule has 0 bridgehead atoms. The Morgan fingerprint density at radius 3 is 2.36 bits per heavy atom. The Morgan fingerprint density at radius 1 is 1.24 bits per heavy atom. The smallest absolute Gasteiger partial charge is 0.318 e. The number of urea groups is 1. The molecule has 2 rings (SSSR count). The molecule has 0 saturated heterocycles. The average molecular weight is 344 g/mol. The van der Waals surface area contributed by atoms with Crippen LogP contribution in [-0.2, 0) is 0 Å². The lowest BCUT2D eigenvalue weighted by atomic mass is 10.1. The van der Waals surface area contributed by atoms with Gasteiger partial charge >= 0.3 is 6.03 Å². The van der Waals surface area contributed by atoms with Crippen molar-refractivity contribution < 1.29 is 9.90 Å². The fourth-order valence-corrected chi connectivity index (χ4v) is 2.74. The van der Waals surface area contributed by atoms with Crippen LogP contribution in [0.2, 0.25) is 0 Å². The number of hydrogen-bond acceptors (Lipinski definition) is 3. The maximum Gasteiger partial charge on any atom is 0.318 e. The molecule has 1 heterocycles. The Balaban J connectivity index is 2.06. The van der Waals surface area contributed by atoms with E-state index in [1.54, 1.807) is 18.0 Å². The third-order valence-electron chi connectivity index (χ3n) is 4.18. The Labute approximate surface area is 149 Å². The molecule has 0 saturated carbocycles. The number of rotatable bonds is 6. The standard InChI is InChI=1S/C19H28N4O2/c1-13(2)23(12-14(3)24)19(25)21-15(4)17-6-8-18(9-7-17)22-11-10-20-16(22)5/h6-11,13-15,24H,12H2,1-5H3,(H,21,25). The summed E-state index contributed by atoms with van der Waals surface area (Å²) in [6.07, 6.45) is 3.14. The van der Waals surface area contributed by atoms with E-state index >= 15 is 0 Å². The van der Waals surface area contributed by atoms with Crippen LogP contribution < -0.4 is 5.32 Å². The number of amides is 2. The van der Waals surface area contributed by atoms with Crippen molar-refractivity contribution in [2.75, 3.05) is 6.54 Å². The monoisotopic (exact) mass is 344 g/mol. The van der Waals surface area contributed by atoms with Crippen LogP contribution in [-0.4, -0.2) is 44.3 Å². The molecule has 0 fully saturated rings. The van der Waals surface area contributed by atoms with Gasteiger partial charge in [0.2, 0.25) is 0 Å². The maximum atomic E-state index is 12.5. The van der Waals surface area contributed by atoms with Gasteiger partial charge in [-0.15, -0.1) is 0 Å². The van der Waals surface area contributed by atoms with Crippen molar-refractivity contribution in [3.05, 3.63) is 48.0 Å². The van der Waals surface area contributed by atoms with Crippen molar-refractivity contribution in [2.24, 2.45) is 0 Å². The minimum Gasteiger partial charge on any atom is -0.392 e. The number of carbonyl (C=O) groups is 1.